The van der Waals surface area contributed by atoms with E-state index < -0.39 is 18.4 Å². The van der Waals surface area contributed by atoms with Gasteiger partial charge in [-0.1, -0.05) is 20.8 Å². The monoisotopic (exact) mass is 651 g/mol. The third-order valence-corrected chi connectivity index (χ3v) is 7.01. The molecule has 0 amide bonds. The molecule has 2 aliphatic heterocycles. The number of anilines is 1. The Labute approximate surface area is 256 Å². The molecular weight excluding hydrogens is 613 g/mol. The van der Waals surface area contributed by atoms with Gasteiger partial charge in [-0.25, -0.2) is 9.18 Å². The molecule has 0 aromatic heterocycles. The predicted molar refractivity (Wildman–Crippen MR) is 162 cm³/mol. The Morgan fingerprint density at radius 2 is 1.86 bits per heavy atom. The van der Waals surface area contributed by atoms with Gasteiger partial charge in [0.25, 0.3) is 0 Å². The number of carbonyl (C=O) groups excluding carboxylic acids is 1. The SMILES string of the molecule is Br.CCOc1cc2c(c(F)c1OCC)C(=N)N(CC(=O)c1cc3c(c(C(C)(C)C)c1)OC(COCC(=O)O)CN3C)C2. The zero-order valence-electron chi connectivity index (χ0n) is 24.8. The zero-order chi connectivity index (χ0) is 30.1. The average molecular weight is 653 g/mol. The van der Waals surface area contributed by atoms with E-state index in [-0.39, 0.29) is 83.5 Å². The van der Waals surface area contributed by atoms with Gasteiger partial charge in [-0.3, -0.25) is 10.2 Å². The highest BCUT2D eigenvalue weighted by atomic mass is 79.9. The molecule has 0 radical (unpaired) electrons. The van der Waals surface area contributed by atoms with E-state index in [1.807, 2.05) is 38.8 Å². The third kappa shape index (κ3) is 6.81. The second-order valence-electron chi connectivity index (χ2n) is 11.2. The van der Waals surface area contributed by atoms with Crippen molar-refractivity contribution >= 4 is 40.3 Å². The number of nitrogens with one attached hydrogen (secondary N) is 1. The molecule has 10 nitrogen and oxygen atoms in total. The first-order valence-corrected chi connectivity index (χ1v) is 13.7. The first-order valence-electron chi connectivity index (χ1n) is 13.7. The minimum atomic E-state index is -1.05. The summed E-state index contributed by atoms with van der Waals surface area (Å²) in [7, 11) is 1.88. The minimum Gasteiger partial charge on any atom is -0.490 e. The topological polar surface area (TPSA) is 122 Å². The van der Waals surface area contributed by atoms with Crippen LogP contribution in [0.3, 0.4) is 0 Å². The second-order valence-corrected chi connectivity index (χ2v) is 11.2. The summed E-state index contributed by atoms with van der Waals surface area (Å²) in [6.07, 6.45) is -0.379. The number of rotatable bonds is 11. The van der Waals surface area contributed by atoms with Gasteiger partial charge in [0.05, 0.1) is 44.2 Å². The van der Waals surface area contributed by atoms with Crippen LogP contribution < -0.4 is 19.1 Å². The number of ether oxygens (including phenoxy) is 4. The van der Waals surface area contributed by atoms with Crippen molar-refractivity contribution in [3.63, 3.8) is 0 Å². The standard InChI is InChI=1S/C30H38FN3O7.BrH/c1-7-39-23-11-18-12-34(29(32)25(18)26(31)28(23)40-8-2)14-22(35)17-9-20(30(3,4)5)27-21(10-17)33(6)13-19(41-27)15-38-16-24(36)37;/h9-11,19,32H,7-8,12-16H2,1-6H3,(H,36,37);1H. The van der Waals surface area contributed by atoms with Crippen LogP contribution in [0.4, 0.5) is 10.1 Å². The van der Waals surface area contributed by atoms with Crippen molar-refractivity contribution in [2.75, 3.05) is 51.5 Å². The Balaban J connectivity index is 0.00000484. The lowest BCUT2D eigenvalue weighted by Gasteiger charge is -2.37. The molecule has 1 atom stereocenters. The van der Waals surface area contributed by atoms with Crippen molar-refractivity contribution < 1.29 is 38.0 Å². The van der Waals surface area contributed by atoms with Crippen LogP contribution in [0.1, 0.15) is 61.7 Å². The van der Waals surface area contributed by atoms with Gasteiger partial charge >= 0.3 is 5.97 Å². The van der Waals surface area contributed by atoms with E-state index >= 15 is 4.39 Å². The normalized spacial score (nSPS) is 15.9. The summed E-state index contributed by atoms with van der Waals surface area (Å²) in [5.74, 6) is -1.11. The molecule has 230 valence electrons. The molecule has 1 unspecified atom stereocenters. The van der Waals surface area contributed by atoms with E-state index in [9.17, 15) is 9.59 Å². The van der Waals surface area contributed by atoms with Crippen molar-refractivity contribution in [2.45, 2.75) is 52.7 Å². The van der Waals surface area contributed by atoms with E-state index in [1.54, 1.807) is 30.9 Å². The van der Waals surface area contributed by atoms with E-state index in [0.717, 1.165) is 11.3 Å². The molecular formula is C30H39BrFN3O7. The summed E-state index contributed by atoms with van der Waals surface area (Å²) in [6, 6.07) is 5.27. The number of carboxylic acid groups (broad SMARTS) is 1. The lowest BCUT2D eigenvalue weighted by atomic mass is 9.84. The van der Waals surface area contributed by atoms with E-state index in [2.05, 4.69) is 0 Å². The summed E-state index contributed by atoms with van der Waals surface area (Å²) in [5.41, 5.74) is 2.33. The minimum absolute atomic E-state index is 0. The second kappa shape index (κ2) is 13.3. The molecule has 2 N–H and O–H groups in total. The maximum Gasteiger partial charge on any atom is 0.329 e. The van der Waals surface area contributed by atoms with Crippen LogP contribution in [-0.2, 0) is 21.5 Å². The Morgan fingerprint density at radius 1 is 1.17 bits per heavy atom. The van der Waals surface area contributed by atoms with E-state index in [4.69, 9.17) is 29.5 Å². The number of ketones is 1. The van der Waals surface area contributed by atoms with Gasteiger partial charge in [0.1, 0.15) is 24.3 Å². The first kappa shape index (κ1) is 33.1. The smallest absolute Gasteiger partial charge is 0.329 e. The largest absolute Gasteiger partial charge is 0.490 e. The number of hydrogen-bond acceptors (Lipinski definition) is 8. The number of Topliss-reactive ketones (excluding diaryl/α,β-unsaturated/α-hetero) is 1. The molecule has 2 aliphatic rings. The maximum atomic E-state index is 15.5. The highest BCUT2D eigenvalue weighted by molar-refractivity contribution is 8.93. The number of fused-ring (bicyclic) bond motifs is 2. The van der Waals surface area contributed by atoms with E-state index in [0.29, 0.717) is 30.0 Å². The molecule has 0 spiro atoms. The molecule has 2 aromatic rings. The summed E-state index contributed by atoms with van der Waals surface area (Å²) < 4.78 is 38.1. The lowest BCUT2D eigenvalue weighted by Crippen LogP contribution is -2.42. The van der Waals surface area contributed by atoms with Gasteiger partial charge in [0.2, 0.25) is 0 Å². The van der Waals surface area contributed by atoms with Gasteiger partial charge in [-0.2, -0.15) is 0 Å². The number of benzene rings is 2. The van der Waals surface area contributed by atoms with Crippen molar-refractivity contribution in [3.8, 4) is 17.2 Å². The van der Waals surface area contributed by atoms with Gasteiger partial charge in [-0.05, 0) is 43.0 Å². The summed E-state index contributed by atoms with van der Waals surface area (Å²) in [6.45, 7) is 10.4. The van der Waals surface area contributed by atoms with Crippen LogP contribution >= 0.6 is 17.0 Å². The average Bonchev–Trinajstić information content (AvgIpc) is 3.19. The number of likely N-dealkylation sites (N-methyl/N-ethyl adjacent to an activating group) is 1. The van der Waals surface area contributed by atoms with Crippen molar-refractivity contribution in [3.05, 3.63) is 46.3 Å². The van der Waals surface area contributed by atoms with Crippen molar-refractivity contribution in [1.82, 2.24) is 4.90 Å². The number of aliphatic carboxylic acids is 1. The van der Waals surface area contributed by atoms with Gasteiger partial charge < -0.3 is 33.9 Å². The molecule has 0 saturated carbocycles. The number of carbonyl (C=O) groups is 2. The van der Waals surface area contributed by atoms with Gasteiger partial charge in [0.15, 0.2) is 23.1 Å². The Bertz CT molecular complexity index is 1360. The zero-order valence-corrected chi connectivity index (χ0v) is 26.5. The van der Waals surface area contributed by atoms with Crippen molar-refractivity contribution in [2.24, 2.45) is 0 Å². The number of carboxylic acids is 1. The number of amidine groups is 1. The van der Waals surface area contributed by atoms with Crippen LogP contribution in [0.15, 0.2) is 18.2 Å². The molecule has 0 bridgehead atoms. The predicted octanol–water partition coefficient (Wildman–Crippen LogP) is 4.82. The maximum absolute atomic E-state index is 15.5. The summed E-state index contributed by atoms with van der Waals surface area (Å²) in [4.78, 5) is 28.0. The van der Waals surface area contributed by atoms with Crippen LogP contribution in [0.25, 0.3) is 0 Å². The van der Waals surface area contributed by atoms with Crippen LogP contribution in [0.2, 0.25) is 0 Å². The highest BCUT2D eigenvalue weighted by Crippen LogP contribution is 2.43. The quantitative estimate of drug-likeness (QED) is 0.329. The fourth-order valence-corrected chi connectivity index (χ4v) is 5.13. The molecule has 42 heavy (non-hydrogen) atoms. The van der Waals surface area contributed by atoms with Crippen LogP contribution in [0.5, 0.6) is 17.2 Å². The van der Waals surface area contributed by atoms with Crippen LogP contribution in [-0.4, -0.2) is 80.3 Å². The Kier molecular flexibility index (Phi) is 10.5. The van der Waals surface area contributed by atoms with Crippen molar-refractivity contribution in [1.29, 1.82) is 5.41 Å². The van der Waals surface area contributed by atoms with E-state index in [1.165, 1.54) is 0 Å². The molecule has 2 aromatic carbocycles. The van der Waals surface area contributed by atoms with Crippen LogP contribution in [0, 0.1) is 11.2 Å². The molecule has 12 heteroatoms. The Hall–Kier alpha value is -3.38. The summed E-state index contributed by atoms with van der Waals surface area (Å²) >= 11 is 0. The van der Waals surface area contributed by atoms with Gasteiger partial charge in [-0.15, -0.1) is 17.0 Å². The number of hydrogen-bond donors (Lipinski definition) is 2. The lowest BCUT2D eigenvalue weighted by molar-refractivity contribution is -0.143. The first-order chi connectivity index (χ1) is 19.3. The molecule has 2 heterocycles. The fraction of sp³-hybridized carbons (Fsp3) is 0.500. The third-order valence-electron chi connectivity index (χ3n) is 7.01. The fourth-order valence-electron chi connectivity index (χ4n) is 5.13. The molecule has 0 aliphatic carbocycles. The summed E-state index contributed by atoms with van der Waals surface area (Å²) in [5, 5.41) is 17.6. The highest BCUT2D eigenvalue weighted by Gasteiger charge is 2.35. The number of halogens is 2. The number of nitrogens with zero attached hydrogens (tertiary/aromatic N) is 2. The Morgan fingerprint density at radius 3 is 2.48 bits per heavy atom. The molecule has 0 fully saturated rings. The molecule has 0 saturated heterocycles. The molecule has 4 rings (SSSR count). The van der Waals surface area contributed by atoms with Gasteiger partial charge in [0, 0.05) is 24.7 Å².